The summed E-state index contributed by atoms with van der Waals surface area (Å²) in [4.78, 5) is 9.61. The van der Waals surface area contributed by atoms with Gasteiger partial charge in [0.15, 0.2) is 5.82 Å². The number of nitrogens with one attached hydrogen (secondary N) is 1. The van der Waals surface area contributed by atoms with Gasteiger partial charge in [0.05, 0.1) is 22.5 Å². The summed E-state index contributed by atoms with van der Waals surface area (Å²) >= 11 is 0. The molecule has 0 fully saturated rings. The molecular weight excluding hydrogens is 474 g/mol. The summed E-state index contributed by atoms with van der Waals surface area (Å²) in [6.45, 7) is 3.75. The van der Waals surface area contributed by atoms with Crippen molar-refractivity contribution in [3.05, 3.63) is 59.9 Å². The van der Waals surface area contributed by atoms with Crippen LogP contribution in [0.2, 0.25) is 0 Å². The third-order valence-electron chi connectivity index (χ3n) is 6.37. The van der Waals surface area contributed by atoms with Crippen molar-refractivity contribution in [2.45, 2.75) is 56.9 Å². The highest BCUT2D eigenvalue weighted by Gasteiger charge is 2.17. The summed E-state index contributed by atoms with van der Waals surface area (Å²) in [6.07, 6.45) is 5.31. The zero-order valence-corrected chi connectivity index (χ0v) is 21.9. The predicted octanol–water partition coefficient (Wildman–Crippen LogP) is 4.46. The van der Waals surface area contributed by atoms with Gasteiger partial charge in [-0.25, -0.2) is 23.1 Å². The Kier molecular flexibility index (Phi) is 8.56. The van der Waals surface area contributed by atoms with E-state index in [2.05, 4.69) is 21.2 Å². The molecule has 0 unspecified atom stereocenters. The van der Waals surface area contributed by atoms with Gasteiger partial charge in [-0.2, -0.15) is 0 Å². The Hall–Kier alpha value is -3.01. The topological polar surface area (TPSA) is 112 Å². The van der Waals surface area contributed by atoms with Gasteiger partial charge >= 0.3 is 0 Å². The molecule has 2 aromatic heterocycles. The van der Waals surface area contributed by atoms with Gasteiger partial charge in [-0.1, -0.05) is 43.7 Å². The molecule has 0 aliphatic rings. The summed E-state index contributed by atoms with van der Waals surface area (Å²) in [7, 11) is -1.86. The lowest BCUT2D eigenvalue weighted by atomic mass is 10.1. The molecule has 0 aliphatic heterocycles. The van der Waals surface area contributed by atoms with Gasteiger partial charge < -0.3 is 15.0 Å². The molecule has 192 valence electrons. The standard InChI is InChI=1S/C27H35N5O3S/c1-3-4-9-20-12-14-21(15-13-20)36(33,34)29-17-7-8-18-32-24(16-19-35-2)31-25-26(32)22-10-5-6-11-23(22)30-27(25)28/h5-6,10-15,29H,3-4,7-9,16-19H2,1-2H3,(H2,28,30). The van der Waals surface area contributed by atoms with Crippen LogP contribution in [0, 0.1) is 0 Å². The number of hydrogen-bond acceptors (Lipinski definition) is 6. The molecule has 0 saturated carbocycles. The number of hydrogen-bond donors (Lipinski definition) is 2. The van der Waals surface area contributed by atoms with Crippen LogP contribution in [-0.4, -0.2) is 43.2 Å². The van der Waals surface area contributed by atoms with Crippen LogP contribution in [0.4, 0.5) is 5.82 Å². The number of rotatable bonds is 13. The fraction of sp³-hybridized carbons (Fsp3) is 0.407. The van der Waals surface area contributed by atoms with Crippen LogP contribution in [-0.2, 0) is 34.1 Å². The third kappa shape index (κ3) is 5.86. The van der Waals surface area contributed by atoms with Crippen molar-refractivity contribution < 1.29 is 13.2 Å². The smallest absolute Gasteiger partial charge is 0.240 e. The molecule has 0 spiro atoms. The van der Waals surface area contributed by atoms with Gasteiger partial charge in [-0.15, -0.1) is 0 Å². The van der Waals surface area contributed by atoms with E-state index in [1.807, 2.05) is 36.4 Å². The first-order valence-corrected chi connectivity index (χ1v) is 14.0. The van der Waals surface area contributed by atoms with E-state index in [4.69, 9.17) is 15.5 Å². The number of pyridine rings is 1. The first-order valence-electron chi connectivity index (χ1n) is 12.6. The highest BCUT2D eigenvalue weighted by molar-refractivity contribution is 7.89. The SMILES string of the molecule is CCCCc1ccc(S(=O)(=O)NCCCCn2c(CCOC)nc3c(N)nc4ccccc4c32)cc1. The van der Waals surface area contributed by atoms with E-state index < -0.39 is 10.0 Å². The lowest BCUT2D eigenvalue weighted by molar-refractivity contribution is 0.199. The van der Waals surface area contributed by atoms with Crippen LogP contribution >= 0.6 is 0 Å². The number of unbranched alkanes of at least 4 members (excludes halogenated alkanes) is 2. The molecule has 2 aromatic carbocycles. The maximum absolute atomic E-state index is 12.7. The summed E-state index contributed by atoms with van der Waals surface area (Å²) in [5.74, 6) is 1.30. The second-order valence-corrected chi connectivity index (χ2v) is 10.8. The second kappa shape index (κ2) is 11.8. The quantitative estimate of drug-likeness (QED) is 0.257. The van der Waals surface area contributed by atoms with Crippen molar-refractivity contribution in [2.75, 3.05) is 26.0 Å². The lowest BCUT2D eigenvalue weighted by Gasteiger charge is -2.12. The molecule has 36 heavy (non-hydrogen) atoms. The summed E-state index contributed by atoms with van der Waals surface area (Å²) in [5, 5.41) is 1.00. The van der Waals surface area contributed by atoms with Gasteiger partial charge in [0.25, 0.3) is 0 Å². The fourth-order valence-corrected chi connectivity index (χ4v) is 5.51. The molecule has 0 radical (unpaired) electrons. The van der Waals surface area contributed by atoms with Gasteiger partial charge in [-0.05, 0) is 49.4 Å². The molecule has 3 N–H and O–H groups in total. The molecular formula is C27H35N5O3S. The Morgan fingerprint density at radius 3 is 2.53 bits per heavy atom. The van der Waals surface area contributed by atoms with Crippen molar-refractivity contribution in [3.63, 3.8) is 0 Å². The molecule has 0 amide bonds. The van der Waals surface area contributed by atoms with Crippen LogP contribution in [0.1, 0.15) is 44.0 Å². The first kappa shape index (κ1) is 26.1. The van der Waals surface area contributed by atoms with Crippen molar-refractivity contribution >= 4 is 37.8 Å². The van der Waals surface area contributed by atoms with Crippen LogP contribution < -0.4 is 10.5 Å². The van der Waals surface area contributed by atoms with Crippen molar-refractivity contribution in [1.29, 1.82) is 0 Å². The number of sulfonamides is 1. The molecule has 2 heterocycles. The normalized spacial score (nSPS) is 12.1. The van der Waals surface area contributed by atoms with Crippen molar-refractivity contribution in [1.82, 2.24) is 19.3 Å². The molecule has 0 bridgehead atoms. The van der Waals surface area contributed by atoms with E-state index in [0.29, 0.717) is 48.8 Å². The number of aromatic nitrogens is 3. The van der Waals surface area contributed by atoms with Gasteiger partial charge in [0.1, 0.15) is 11.3 Å². The van der Waals surface area contributed by atoms with E-state index in [1.165, 1.54) is 0 Å². The number of aryl methyl sites for hydroxylation is 2. The Balaban J connectivity index is 1.44. The molecule has 9 heteroatoms. The second-order valence-electron chi connectivity index (χ2n) is 8.99. The van der Waals surface area contributed by atoms with Gasteiger partial charge in [-0.3, -0.25) is 0 Å². The number of fused-ring (bicyclic) bond motifs is 3. The molecule has 0 atom stereocenters. The number of ether oxygens (including phenoxy) is 1. The average Bonchev–Trinajstić information content (AvgIpc) is 3.25. The molecule has 0 aliphatic carbocycles. The van der Waals surface area contributed by atoms with Gasteiger partial charge in [0, 0.05) is 32.0 Å². The minimum Gasteiger partial charge on any atom is -0.384 e. The number of methoxy groups -OCH3 is 1. The largest absolute Gasteiger partial charge is 0.384 e. The van der Waals surface area contributed by atoms with E-state index in [0.717, 1.165) is 53.5 Å². The Morgan fingerprint density at radius 1 is 1.00 bits per heavy atom. The average molecular weight is 510 g/mol. The number of nitrogens with zero attached hydrogens (tertiary/aromatic N) is 3. The first-order chi connectivity index (χ1) is 17.4. The summed E-state index contributed by atoms with van der Waals surface area (Å²) < 4.78 is 35.6. The zero-order chi connectivity index (χ0) is 25.5. The number of para-hydroxylation sites is 1. The van der Waals surface area contributed by atoms with Crippen molar-refractivity contribution in [2.24, 2.45) is 0 Å². The molecule has 8 nitrogen and oxygen atoms in total. The number of imidazole rings is 1. The molecule has 4 aromatic rings. The third-order valence-corrected chi connectivity index (χ3v) is 7.85. The number of nitrogen functional groups attached to an aromatic ring is 1. The highest BCUT2D eigenvalue weighted by atomic mass is 32.2. The van der Waals surface area contributed by atoms with E-state index in [9.17, 15) is 8.42 Å². The summed E-state index contributed by atoms with van der Waals surface area (Å²) in [6, 6.07) is 15.1. The van der Waals surface area contributed by atoms with Crippen LogP contribution in [0.15, 0.2) is 53.4 Å². The predicted molar refractivity (Wildman–Crippen MR) is 145 cm³/mol. The molecule has 4 rings (SSSR count). The Bertz CT molecular complexity index is 1420. The minimum absolute atomic E-state index is 0.305. The maximum Gasteiger partial charge on any atom is 0.240 e. The van der Waals surface area contributed by atoms with Gasteiger partial charge in [0.2, 0.25) is 10.0 Å². The monoisotopic (exact) mass is 509 g/mol. The number of anilines is 1. The van der Waals surface area contributed by atoms with E-state index in [-0.39, 0.29) is 0 Å². The van der Waals surface area contributed by atoms with Crippen LogP contribution in [0.5, 0.6) is 0 Å². The minimum atomic E-state index is -3.53. The Labute approximate surface area is 212 Å². The summed E-state index contributed by atoms with van der Waals surface area (Å²) in [5.41, 5.74) is 9.91. The highest BCUT2D eigenvalue weighted by Crippen LogP contribution is 2.29. The van der Waals surface area contributed by atoms with Crippen LogP contribution in [0.25, 0.3) is 21.9 Å². The van der Waals surface area contributed by atoms with Crippen LogP contribution in [0.3, 0.4) is 0 Å². The number of benzene rings is 2. The van der Waals surface area contributed by atoms with E-state index in [1.54, 1.807) is 19.2 Å². The van der Waals surface area contributed by atoms with Crippen molar-refractivity contribution in [3.8, 4) is 0 Å². The molecule has 0 saturated heterocycles. The lowest BCUT2D eigenvalue weighted by Crippen LogP contribution is -2.25. The fourth-order valence-electron chi connectivity index (χ4n) is 4.43. The maximum atomic E-state index is 12.7. The Morgan fingerprint density at radius 2 is 1.78 bits per heavy atom. The van der Waals surface area contributed by atoms with E-state index >= 15 is 0 Å². The number of nitrogens with two attached hydrogens (primary N) is 1. The zero-order valence-electron chi connectivity index (χ0n) is 21.0.